The van der Waals surface area contributed by atoms with Crippen molar-refractivity contribution in [1.29, 1.82) is 0 Å². The fraction of sp³-hybridized carbons (Fsp3) is 0.480. The highest BCUT2D eigenvalue weighted by molar-refractivity contribution is 5.94. The number of likely N-dealkylation sites (tertiary alicyclic amines) is 1. The molecule has 152 valence electrons. The third kappa shape index (κ3) is 3.59. The molecule has 0 N–H and O–H groups in total. The summed E-state index contributed by atoms with van der Waals surface area (Å²) in [5.41, 5.74) is 1.59. The molecule has 2 aromatic rings. The maximum absolute atomic E-state index is 14.3. The van der Waals surface area contributed by atoms with Crippen LogP contribution in [0.15, 0.2) is 54.6 Å². The van der Waals surface area contributed by atoms with Crippen molar-refractivity contribution in [2.45, 2.75) is 44.2 Å². The number of carbonyl (C=O) groups is 1. The molecular weight excluding hydrogens is 363 g/mol. The van der Waals surface area contributed by atoms with Crippen LogP contribution in [0.1, 0.15) is 41.6 Å². The van der Waals surface area contributed by atoms with Crippen LogP contribution in [0.3, 0.4) is 0 Å². The molecule has 0 spiro atoms. The first-order chi connectivity index (χ1) is 14.2. The summed E-state index contributed by atoms with van der Waals surface area (Å²) >= 11 is 0. The van der Waals surface area contributed by atoms with Crippen LogP contribution in [0.2, 0.25) is 0 Å². The zero-order valence-electron chi connectivity index (χ0n) is 16.8. The van der Waals surface area contributed by atoms with E-state index in [1.165, 1.54) is 43.9 Å². The highest BCUT2D eigenvalue weighted by Crippen LogP contribution is 2.42. The molecule has 0 saturated carbocycles. The Morgan fingerprint density at radius 2 is 1.72 bits per heavy atom. The molecule has 1 amide bonds. The van der Waals surface area contributed by atoms with E-state index >= 15 is 0 Å². The second-order valence-electron chi connectivity index (χ2n) is 9.00. The monoisotopic (exact) mass is 392 g/mol. The largest absolute Gasteiger partial charge is 0.338 e. The second-order valence-corrected chi connectivity index (χ2v) is 9.00. The molecule has 3 fully saturated rings. The van der Waals surface area contributed by atoms with E-state index < -0.39 is 5.82 Å². The van der Waals surface area contributed by atoms with Crippen LogP contribution in [-0.2, 0) is 6.42 Å². The molecule has 5 rings (SSSR count). The summed E-state index contributed by atoms with van der Waals surface area (Å²) in [5, 5.41) is 0. The van der Waals surface area contributed by atoms with Gasteiger partial charge in [-0.25, -0.2) is 4.39 Å². The van der Waals surface area contributed by atoms with Crippen molar-refractivity contribution in [3.05, 3.63) is 71.5 Å². The summed E-state index contributed by atoms with van der Waals surface area (Å²) in [6, 6.07) is 18.2. The van der Waals surface area contributed by atoms with Gasteiger partial charge in [0.2, 0.25) is 0 Å². The van der Waals surface area contributed by atoms with Crippen molar-refractivity contribution in [2.75, 3.05) is 19.6 Å². The summed E-state index contributed by atoms with van der Waals surface area (Å²) in [6.45, 7) is 2.68. The number of hydrogen-bond donors (Lipinski definition) is 0. The third-order valence-electron chi connectivity index (χ3n) is 7.30. The predicted molar refractivity (Wildman–Crippen MR) is 112 cm³/mol. The van der Waals surface area contributed by atoms with Gasteiger partial charge in [-0.1, -0.05) is 48.9 Å². The lowest BCUT2D eigenvalue weighted by molar-refractivity contribution is -0.0642. The van der Waals surface area contributed by atoms with Gasteiger partial charge in [-0.2, -0.15) is 0 Å². The Bertz CT molecular complexity index is 870. The number of benzene rings is 2. The second kappa shape index (κ2) is 7.91. The number of halogens is 1. The van der Waals surface area contributed by atoms with Crippen molar-refractivity contribution in [3.63, 3.8) is 0 Å². The average molecular weight is 393 g/mol. The molecule has 29 heavy (non-hydrogen) atoms. The smallest absolute Gasteiger partial charge is 0.256 e. The van der Waals surface area contributed by atoms with Crippen LogP contribution in [0.4, 0.5) is 4.39 Å². The number of hydrogen-bond acceptors (Lipinski definition) is 2. The van der Waals surface area contributed by atoms with Gasteiger partial charge in [-0.3, -0.25) is 9.69 Å². The molecule has 0 unspecified atom stereocenters. The fourth-order valence-electron chi connectivity index (χ4n) is 6.02. The zero-order valence-corrected chi connectivity index (χ0v) is 16.8. The van der Waals surface area contributed by atoms with Gasteiger partial charge in [0, 0.05) is 25.2 Å². The maximum Gasteiger partial charge on any atom is 0.256 e. The SMILES string of the molecule is O=C(c1ccccc1F)N1C[C@H]2C[C@@H](C1)[C@H](Cc1ccccc1)N1CCCC[C@@H]21. The van der Waals surface area contributed by atoms with Gasteiger partial charge in [-0.15, -0.1) is 0 Å². The van der Waals surface area contributed by atoms with Crippen LogP contribution in [0, 0.1) is 17.7 Å². The molecule has 3 heterocycles. The Morgan fingerprint density at radius 1 is 0.966 bits per heavy atom. The van der Waals surface area contributed by atoms with Crippen LogP contribution < -0.4 is 0 Å². The molecule has 3 aliphatic heterocycles. The Labute approximate surface area is 172 Å². The van der Waals surface area contributed by atoms with E-state index in [4.69, 9.17) is 0 Å². The Morgan fingerprint density at radius 3 is 2.55 bits per heavy atom. The molecular formula is C25H29FN2O. The number of piperidine rings is 3. The highest BCUT2D eigenvalue weighted by Gasteiger charge is 2.47. The lowest BCUT2D eigenvalue weighted by Crippen LogP contribution is -2.64. The minimum absolute atomic E-state index is 0.138. The summed E-state index contributed by atoms with van der Waals surface area (Å²) < 4.78 is 14.3. The van der Waals surface area contributed by atoms with Gasteiger partial charge < -0.3 is 4.90 Å². The first-order valence-corrected chi connectivity index (χ1v) is 11.0. The highest BCUT2D eigenvalue weighted by atomic mass is 19.1. The lowest BCUT2D eigenvalue weighted by atomic mass is 9.71. The minimum atomic E-state index is -0.409. The molecule has 3 aliphatic rings. The van der Waals surface area contributed by atoms with Crippen LogP contribution in [0.25, 0.3) is 0 Å². The van der Waals surface area contributed by atoms with Gasteiger partial charge in [0.15, 0.2) is 0 Å². The Hall–Kier alpha value is -2.20. The number of nitrogens with zero attached hydrogens (tertiary/aromatic N) is 2. The van der Waals surface area contributed by atoms with Crippen LogP contribution in [-0.4, -0.2) is 47.4 Å². The van der Waals surface area contributed by atoms with Gasteiger partial charge in [0.05, 0.1) is 5.56 Å². The van der Waals surface area contributed by atoms with Crippen molar-refractivity contribution < 1.29 is 9.18 Å². The summed E-state index contributed by atoms with van der Waals surface area (Å²) in [4.78, 5) is 17.9. The number of rotatable bonds is 3. The van der Waals surface area contributed by atoms with Gasteiger partial charge in [0.25, 0.3) is 5.91 Å². The quantitative estimate of drug-likeness (QED) is 0.774. The first-order valence-electron chi connectivity index (χ1n) is 11.0. The standard InChI is InChI=1S/C25H29FN2O/c26-22-11-5-4-10-21(22)25(29)27-16-19-15-20(17-27)24(14-18-8-2-1-3-9-18)28-13-7-6-12-23(19)28/h1-5,8-11,19-20,23-24H,6-7,12-17H2/t19-,20+,23+,24+/m1/s1. The zero-order chi connectivity index (χ0) is 19.8. The fourth-order valence-corrected chi connectivity index (χ4v) is 6.02. The summed E-state index contributed by atoms with van der Waals surface area (Å²) in [5.74, 6) is 0.421. The Kier molecular flexibility index (Phi) is 5.13. The van der Waals surface area contributed by atoms with E-state index in [0.717, 1.165) is 19.5 Å². The molecule has 2 aromatic carbocycles. The molecule has 4 atom stereocenters. The van der Waals surface area contributed by atoms with E-state index in [-0.39, 0.29) is 11.5 Å². The van der Waals surface area contributed by atoms with E-state index in [9.17, 15) is 9.18 Å². The van der Waals surface area contributed by atoms with Gasteiger partial charge in [0.1, 0.15) is 5.82 Å². The maximum atomic E-state index is 14.3. The summed E-state index contributed by atoms with van der Waals surface area (Å²) in [7, 11) is 0. The molecule has 0 radical (unpaired) electrons. The van der Waals surface area contributed by atoms with E-state index in [2.05, 4.69) is 35.2 Å². The number of carbonyl (C=O) groups excluding carboxylic acids is 1. The van der Waals surface area contributed by atoms with Crippen molar-refractivity contribution in [1.82, 2.24) is 9.80 Å². The third-order valence-corrected chi connectivity index (χ3v) is 7.30. The number of fused-ring (bicyclic) bond motifs is 4. The first kappa shape index (κ1) is 18.8. The predicted octanol–water partition coefficient (Wildman–Crippen LogP) is 4.38. The Balaban J connectivity index is 1.42. The normalized spacial score (nSPS) is 29.3. The average Bonchev–Trinajstić information content (AvgIpc) is 2.77. The van der Waals surface area contributed by atoms with Crippen molar-refractivity contribution in [2.24, 2.45) is 11.8 Å². The van der Waals surface area contributed by atoms with Gasteiger partial charge in [-0.05, 0) is 61.8 Å². The molecule has 3 nitrogen and oxygen atoms in total. The van der Waals surface area contributed by atoms with Crippen LogP contribution >= 0.6 is 0 Å². The van der Waals surface area contributed by atoms with E-state index in [1.807, 2.05) is 4.90 Å². The van der Waals surface area contributed by atoms with Crippen LogP contribution in [0.5, 0.6) is 0 Å². The topological polar surface area (TPSA) is 23.6 Å². The lowest BCUT2D eigenvalue weighted by Gasteiger charge is -2.57. The van der Waals surface area contributed by atoms with Crippen molar-refractivity contribution >= 4 is 5.91 Å². The van der Waals surface area contributed by atoms with E-state index in [0.29, 0.717) is 23.9 Å². The molecule has 0 aromatic heterocycles. The molecule has 0 aliphatic carbocycles. The van der Waals surface area contributed by atoms with Crippen molar-refractivity contribution in [3.8, 4) is 0 Å². The van der Waals surface area contributed by atoms with E-state index in [1.54, 1.807) is 18.2 Å². The molecule has 3 saturated heterocycles. The van der Waals surface area contributed by atoms with Gasteiger partial charge >= 0.3 is 0 Å². The molecule has 2 bridgehead atoms. The minimum Gasteiger partial charge on any atom is -0.338 e. The molecule has 4 heteroatoms. The summed E-state index contributed by atoms with van der Waals surface area (Å²) in [6.07, 6.45) is 6.02. The number of amides is 1.